The van der Waals surface area contributed by atoms with E-state index in [2.05, 4.69) is 10.6 Å². The molecule has 1 aromatic heterocycles. The van der Waals surface area contributed by atoms with Crippen LogP contribution in [0.15, 0.2) is 57.5 Å². The summed E-state index contributed by atoms with van der Waals surface area (Å²) >= 11 is 0. The predicted molar refractivity (Wildman–Crippen MR) is 135 cm³/mol. The van der Waals surface area contributed by atoms with Gasteiger partial charge in [0.15, 0.2) is 5.58 Å². The van der Waals surface area contributed by atoms with Crippen LogP contribution in [0.3, 0.4) is 0 Å². The first-order valence-corrected chi connectivity index (χ1v) is 11.1. The van der Waals surface area contributed by atoms with E-state index in [4.69, 9.17) is 9.15 Å². The molecule has 2 amide bonds. The third-order valence-electron chi connectivity index (χ3n) is 5.69. The Kier molecular flexibility index (Phi) is 5.96. The number of ether oxygens (including phenoxy) is 1. The number of allylic oxidation sites excluding steroid dienone is 2. The van der Waals surface area contributed by atoms with Gasteiger partial charge in [0.2, 0.25) is 5.43 Å². The van der Waals surface area contributed by atoms with Gasteiger partial charge in [-0.1, -0.05) is 23.8 Å². The molecule has 3 N–H and O–H groups in total. The summed E-state index contributed by atoms with van der Waals surface area (Å²) in [6.45, 7) is 7.81. The van der Waals surface area contributed by atoms with Crippen molar-refractivity contribution in [1.82, 2.24) is 5.32 Å². The quantitative estimate of drug-likeness (QED) is 0.440. The molecule has 3 aromatic rings. The molecular weight excluding hydrogens is 432 g/mol. The number of phenols is 1. The number of urea groups is 1. The van der Waals surface area contributed by atoms with Crippen LogP contribution in [0, 0.1) is 0 Å². The molecule has 0 aliphatic carbocycles. The Bertz CT molecular complexity index is 1390. The number of rotatable bonds is 4. The second-order valence-electron chi connectivity index (χ2n) is 9.06. The van der Waals surface area contributed by atoms with Gasteiger partial charge in [-0.15, -0.1) is 0 Å². The van der Waals surface area contributed by atoms with Crippen molar-refractivity contribution in [2.45, 2.75) is 39.7 Å². The van der Waals surface area contributed by atoms with Gasteiger partial charge >= 0.3 is 6.03 Å². The Morgan fingerprint density at radius 1 is 1.18 bits per heavy atom. The summed E-state index contributed by atoms with van der Waals surface area (Å²) in [6, 6.07) is 6.48. The van der Waals surface area contributed by atoms with E-state index in [1.165, 1.54) is 13.3 Å². The third-order valence-corrected chi connectivity index (χ3v) is 5.69. The second kappa shape index (κ2) is 8.74. The lowest BCUT2D eigenvalue weighted by molar-refractivity contribution is 0.157. The van der Waals surface area contributed by atoms with E-state index in [-0.39, 0.29) is 28.2 Å². The number of carbonyl (C=O) groups excluding carboxylic acids is 1. The maximum Gasteiger partial charge on any atom is 0.318 e. The fraction of sp³-hybridized carbons (Fsp3) is 0.259. The van der Waals surface area contributed by atoms with Crippen molar-refractivity contribution in [3.63, 3.8) is 0 Å². The Labute approximate surface area is 197 Å². The Hall–Kier alpha value is -4.00. The van der Waals surface area contributed by atoms with Crippen LogP contribution in [0.5, 0.6) is 11.5 Å². The molecule has 2 heterocycles. The molecule has 0 saturated heterocycles. The van der Waals surface area contributed by atoms with Crippen LogP contribution in [-0.4, -0.2) is 23.8 Å². The maximum atomic E-state index is 13.6. The Morgan fingerprint density at radius 2 is 1.88 bits per heavy atom. The molecule has 0 bridgehead atoms. The minimum Gasteiger partial charge on any atom is -0.507 e. The van der Waals surface area contributed by atoms with Crippen LogP contribution in [0.25, 0.3) is 28.2 Å². The summed E-state index contributed by atoms with van der Waals surface area (Å²) in [7, 11) is 1.53. The largest absolute Gasteiger partial charge is 0.507 e. The summed E-state index contributed by atoms with van der Waals surface area (Å²) in [5, 5.41) is 16.5. The zero-order valence-corrected chi connectivity index (χ0v) is 19.9. The molecule has 0 spiro atoms. The number of benzene rings is 2. The average molecular weight is 461 g/mol. The molecule has 0 unspecified atom stereocenters. The minimum atomic E-state index is -0.558. The Balaban J connectivity index is 1.90. The van der Waals surface area contributed by atoms with Gasteiger partial charge in [-0.05, 0) is 64.0 Å². The van der Waals surface area contributed by atoms with Gasteiger partial charge < -0.3 is 24.9 Å². The molecule has 0 fully saturated rings. The van der Waals surface area contributed by atoms with Gasteiger partial charge in [-0.3, -0.25) is 4.79 Å². The van der Waals surface area contributed by atoms with Gasteiger partial charge in [0.05, 0.1) is 11.1 Å². The van der Waals surface area contributed by atoms with Crippen molar-refractivity contribution in [2.75, 3.05) is 12.4 Å². The van der Waals surface area contributed by atoms with Gasteiger partial charge in [-0.2, -0.15) is 0 Å². The van der Waals surface area contributed by atoms with Crippen LogP contribution in [0.1, 0.15) is 38.8 Å². The third kappa shape index (κ3) is 4.29. The number of fused-ring (bicyclic) bond motifs is 3. The lowest BCUT2D eigenvalue weighted by Crippen LogP contribution is -2.28. The summed E-state index contributed by atoms with van der Waals surface area (Å²) in [4.78, 5) is 25.1. The van der Waals surface area contributed by atoms with Crippen molar-refractivity contribution in [2.24, 2.45) is 0 Å². The Morgan fingerprint density at radius 3 is 2.53 bits per heavy atom. The number of hydrogen-bond acceptors (Lipinski definition) is 5. The summed E-state index contributed by atoms with van der Waals surface area (Å²) in [5.74, 6) is 0.390. The molecule has 34 heavy (non-hydrogen) atoms. The number of hydrogen-bond donors (Lipinski definition) is 3. The molecule has 1 aliphatic heterocycles. The number of carbonyl (C=O) groups is 1. The number of anilines is 1. The zero-order valence-electron chi connectivity index (χ0n) is 19.9. The first-order valence-electron chi connectivity index (χ1n) is 11.1. The molecular formula is C27H28N2O5. The molecule has 1 aliphatic rings. The lowest BCUT2D eigenvalue weighted by atomic mass is 9.93. The van der Waals surface area contributed by atoms with Gasteiger partial charge in [-0.25, -0.2) is 4.79 Å². The predicted octanol–water partition coefficient (Wildman–Crippen LogP) is 5.61. The average Bonchev–Trinajstić information content (AvgIpc) is 2.78. The van der Waals surface area contributed by atoms with Crippen LogP contribution >= 0.6 is 0 Å². The van der Waals surface area contributed by atoms with Gasteiger partial charge in [0, 0.05) is 18.3 Å². The SMILES string of the molecule is CNC(=O)Nc1ccc(-c2coc3c4c(c(CC=C(C)C)c(O)c3c2=O)OC(C)(C)C=C4)cc1. The van der Waals surface area contributed by atoms with Crippen molar-refractivity contribution in [3.8, 4) is 22.6 Å². The van der Waals surface area contributed by atoms with Crippen molar-refractivity contribution < 1.29 is 19.1 Å². The minimum absolute atomic E-state index is 0.119. The fourth-order valence-electron chi connectivity index (χ4n) is 3.88. The van der Waals surface area contributed by atoms with Crippen molar-refractivity contribution in [3.05, 3.63) is 69.6 Å². The zero-order chi connectivity index (χ0) is 24.6. The molecule has 2 aromatic carbocycles. The highest BCUT2D eigenvalue weighted by Crippen LogP contribution is 2.44. The fourth-order valence-corrected chi connectivity index (χ4v) is 3.88. The number of nitrogens with one attached hydrogen (secondary N) is 2. The highest BCUT2D eigenvalue weighted by atomic mass is 16.5. The highest BCUT2D eigenvalue weighted by Gasteiger charge is 2.30. The molecule has 0 radical (unpaired) electrons. The topological polar surface area (TPSA) is 101 Å². The van der Waals surface area contributed by atoms with E-state index in [0.29, 0.717) is 40.1 Å². The van der Waals surface area contributed by atoms with E-state index in [1.807, 2.05) is 45.9 Å². The summed E-state index contributed by atoms with van der Waals surface area (Å²) in [6.07, 6.45) is 7.59. The number of amides is 2. The van der Waals surface area contributed by atoms with Crippen molar-refractivity contribution >= 4 is 28.8 Å². The molecule has 176 valence electrons. The maximum absolute atomic E-state index is 13.6. The summed E-state index contributed by atoms with van der Waals surface area (Å²) in [5.41, 5.74) is 3.16. The molecule has 4 rings (SSSR count). The normalized spacial score (nSPS) is 13.7. The summed E-state index contributed by atoms with van der Waals surface area (Å²) < 4.78 is 12.1. The smallest absolute Gasteiger partial charge is 0.318 e. The van der Waals surface area contributed by atoms with E-state index >= 15 is 0 Å². The first kappa shape index (κ1) is 23.2. The van der Waals surface area contributed by atoms with E-state index in [1.54, 1.807) is 24.3 Å². The van der Waals surface area contributed by atoms with Crippen LogP contribution < -0.4 is 20.8 Å². The highest BCUT2D eigenvalue weighted by molar-refractivity contribution is 5.97. The van der Waals surface area contributed by atoms with E-state index < -0.39 is 5.60 Å². The van der Waals surface area contributed by atoms with E-state index in [9.17, 15) is 14.7 Å². The van der Waals surface area contributed by atoms with E-state index in [0.717, 1.165) is 5.57 Å². The molecule has 0 atom stereocenters. The van der Waals surface area contributed by atoms with Gasteiger partial charge in [0.1, 0.15) is 28.7 Å². The molecule has 7 nitrogen and oxygen atoms in total. The van der Waals surface area contributed by atoms with Crippen LogP contribution in [0.2, 0.25) is 0 Å². The standard InChI is InChI=1S/C27H28N2O5/c1-15(2)6-11-18-22(30)21-23(31)20(16-7-9-17(10-8-16)29-26(32)28-5)14-33-25(21)19-12-13-27(3,4)34-24(18)19/h6-10,12-14,30H,11H2,1-5H3,(H2,28,29,32). The van der Waals surface area contributed by atoms with Gasteiger partial charge in [0.25, 0.3) is 0 Å². The lowest BCUT2D eigenvalue weighted by Gasteiger charge is -2.30. The van der Waals surface area contributed by atoms with Crippen LogP contribution in [0.4, 0.5) is 10.5 Å². The monoisotopic (exact) mass is 460 g/mol. The molecule has 0 saturated carbocycles. The first-order chi connectivity index (χ1) is 16.1. The number of aromatic hydroxyl groups is 1. The van der Waals surface area contributed by atoms with Crippen LogP contribution in [-0.2, 0) is 6.42 Å². The number of phenolic OH excluding ortho intramolecular Hbond substituents is 1. The second-order valence-corrected chi connectivity index (χ2v) is 9.06. The van der Waals surface area contributed by atoms with Crippen molar-refractivity contribution in [1.29, 1.82) is 0 Å². The molecule has 7 heteroatoms.